The van der Waals surface area contributed by atoms with E-state index in [-0.39, 0.29) is 23.4 Å². The molecule has 0 unspecified atom stereocenters. The van der Waals surface area contributed by atoms with E-state index in [0.717, 1.165) is 18.4 Å². The van der Waals surface area contributed by atoms with E-state index in [9.17, 15) is 13.2 Å². The first-order valence-electron chi connectivity index (χ1n) is 10.4. The maximum atomic E-state index is 13.4. The number of hydrogen-bond acceptors (Lipinski definition) is 4. The van der Waals surface area contributed by atoms with Crippen molar-refractivity contribution >= 4 is 21.6 Å². The predicted octanol–water partition coefficient (Wildman–Crippen LogP) is 3.50. The zero-order valence-electron chi connectivity index (χ0n) is 17.4. The minimum absolute atomic E-state index is 0.156. The summed E-state index contributed by atoms with van der Waals surface area (Å²) in [7, 11) is -2.39. The Morgan fingerprint density at radius 3 is 2.53 bits per heavy atom. The minimum Gasteiger partial charge on any atom is -0.497 e. The number of sulfonamides is 1. The highest BCUT2D eigenvalue weighted by Crippen LogP contribution is 2.44. The van der Waals surface area contributed by atoms with Crippen molar-refractivity contribution in [1.29, 1.82) is 0 Å². The third-order valence-electron chi connectivity index (χ3n) is 6.32. The van der Waals surface area contributed by atoms with Gasteiger partial charge in [0.15, 0.2) is 0 Å². The fraction of sp³-hybridized carbons (Fsp3) is 0.435. The molecule has 0 saturated heterocycles. The lowest BCUT2D eigenvalue weighted by atomic mass is 9.95. The second-order valence-corrected chi connectivity index (χ2v) is 10.2. The zero-order chi connectivity index (χ0) is 21.3. The van der Waals surface area contributed by atoms with Crippen LogP contribution in [0.25, 0.3) is 0 Å². The molecule has 2 bridgehead atoms. The Kier molecular flexibility index (Phi) is 5.73. The fourth-order valence-corrected chi connectivity index (χ4v) is 6.14. The topological polar surface area (TPSA) is 75.7 Å². The highest BCUT2D eigenvalue weighted by molar-refractivity contribution is 7.92. The first-order chi connectivity index (χ1) is 14.4. The number of carbonyl (C=O) groups excluding carboxylic acids is 1. The lowest BCUT2D eigenvalue weighted by Crippen LogP contribution is -2.46. The summed E-state index contributed by atoms with van der Waals surface area (Å²) in [4.78, 5) is 13.1. The van der Waals surface area contributed by atoms with Crippen molar-refractivity contribution < 1.29 is 17.9 Å². The summed E-state index contributed by atoms with van der Waals surface area (Å²) in [5.41, 5.74) is 1.37. The van der Waals surface area contributed by atoms with Gasteiger partial charge in [-0.1, -0.05) is 30.2 Å². The summed E-state index contributed by atoms with van der Waals surface area (Å²) >= 11 is 0. The van der Waals surface area contributed by atoms with Gasteiger partial charge in [-0.05, 0) is 62.3 Å². The SMILES string of the molecule is COc1cccc(N(CC(=O)N[C@@H]2C[C@H]3CC[C@@H]2C3)S(=O)(=O)c2ccc(C)cc2)c1. The monoisotopic (exact) mass is 428 g/mol. The number of methoxy groups -OCH3 is 1. The molecule has 160 valence electrons. The van der Waals surface area contributed by atoms with E-state index in [0.29, 0.717) is 23.3 Å². The maximum absolute atomic E-state index is 13.4. The maximum Gasteiger partial charge on any atom is 0.264 e. The number of carbonyl (C=O) groups is 1. The molecule has 0 aromatic heterocycles. The second-order valence-electron chi connectivity index (χ2n) is 8.38. The van der Waals surface area contributed by atoms with Crippen LogP contribution in [0.15, 0.2) is 53.4 Å². The molecule has 2 aromatic carbocycles. The van der Waals surface area contributed by atoms with E-state index >= 15 is 0 Å². The van der Waals surface area contributed by atoms with E-state index < -0.39 is 10.0 Å². The zero-order valence-corrected chi connectivity index (χ0v) is 18.2. The van der Waals surface area contributed by atoms with Gasteiger partial charge in [0.25, 0.3) is 10.0 Å². The molecule has 3 atom stereocenters. The number of anilines is 1. The summed E-state index contributed by atoms with van der Waals surface area (Å²) in [6.07, 6.45) is 4.57. The van der Waals surface area contributed by atoms with Gasteiger partial charge in [0.2, 0.25) is 5.91 Å². The van der Waals surface area contributed by atoms with Crippen LogP contribution in [0.3, 0.4) is 0 Å². The molecular formula is C23H28N2O4S. The second kappa shape index (κ2) is 8.30. The van der Waals surface area contributed by atoms with E-state index in [1.807, 2.05) is 6.92 Å². The van der Waals surface area contributed by atoms with E-state index in [1.54, 1.807) is 48.5 Å². The Morgan fingerprint density at radius 1 is 1.13 bits per heavy atom. The van der Waals surface area contributed by atoms with Crippen LogP contribution in [0.1, 0.15) is 31.2 Å². The molecule has 1 amide bonds. The van der Waals surface area contributed by atoms with Crippen LogP contribution in [0, 0.1) is 18.8 Å². The number of amides is 1. The molecule has 6 nitrogen and oxygen atoms in total. The molecular weight excluding hydrogens is 400 g/mol. The number of ether oxygens (including phenoxy) is 1. The quantitative estimate of drug-likeness (QED) is 0.732. The van der Waals surface area contributed by atoms with Crippen LogP contribution in [-0.2, 0) is 14.8 Å². The highest BCUT2D eigenvalue weighted by atomic mass is 32.2. The van der Waals surface area contributed by atoms with Gasteiger partial charge in [-0.25, -0.2) is 8.42 Å². The number of benzene rings is 2. The summed E-state index contributed by atoms with van der Waals surface area (Å²) in [6, 6.07) is 13.6. The molecule has 30 heavy (non-hydrogen) atoms. The average molecular weight is 429 g/mol. The fourth-order valence-electron chi connectivity index (χ4n) is 4.72. The van der Waals surface area contributed by atoms with Crippen molar-refractivity contribution in [3.8, 4) is 5.75 Å². The van der Waals surface area contributed by atoms with E-state index in [1.165, 1.54) is 24.3 Å². The Morgan fingerprint density at radius 2 is 1.90 bits per heavy atom. The summed E-state index contributed by atoms with van der Waals surface area (Å²) in [6.45, 7) is 1.64. The van der Waals surface area contributed by atoms with Gasteiger partial charge in [-0.3, -0.25) is 9.10 Å². The van der Waals surface area contributed by atoms with Crippen LogP contribution in [0.5, 0.6) is 5.75 Å². The van der Waals surface area contributed by atoms with Crippen molar-refractivity contribution in [2.75, 3.05) is 18.0 Å². The number of hydrogen-bond donors (Lipinski definition) is 1. The molecule has 4 rings (SSSR count). The van der Waals surface area contributed by atoms with Gasteiger partial charge in [0.05, 0.1) is 17.7 Å². The molecule has 1 N–H and O–H groups in total. The van der Waals surface area contributed by atoms with Crippen molar-refractivity contribution in [3.63, 3.8) is 0 Å². The Balaban J connectivity index is 1.61. The van der Waals surface area contributed by atoms with Crippen molar-refractivity contribution in [3.05, 3.63) is 54.1 Å². The lowest BCUT2D eigenvalue weighted by molar-refractivity contribution is -0.120. The predicted molar refractivity (Wildman–Crippen MR) is 116 cm³/mol. The number of rotatable bonds is 7. The minimum atomic E-state index is -3.92. The van der Waals surface area contributed by atoms with Gasteiger partial charge in [-0.2, -0.15) is 0 Å². The summed E-state index contributed by atoms with van der Waals surface area (Å²) in [5, 5.41) is 3.10. The molecule has 7 heteroatoms. The number of nitrogens with zero attached hydrogens (tertiary/aromatic N) is 1. The molecule has 0 radical (unpaired) electrons. The largest absolute Gasteiger partial charge is 0.497 e. The molecule has 0 spiro atoms. The number of aryl methyl sites for hydroxylation is 1. The molecule has 2 aliphatic rings. The first-order valence-corrected chi connectivity index (χ1v) is 11.8. The van der Waals surface area contributed by atoms with Crippen molar-refractivity contribution in [2.45, 2.75) is 43.5 Å². The first kappa shape index (κ1) is 20.7. The van der Waals surface area contributed by atoms with Crippen LogP contribution in [0.2, 0.25) is 0 Å². The molecule has 2 aromatic rings. The van der Waals surface area contributed by atoms with Gasteiger partial charge in [0.1, 0.15) is 12.3 Å². The van der Waals surface area contributed by atoms with Crippen LogP contribution >= 0.6 is 0 Å². The smallest absolute Gasteiger partial charge is 0.264 e. The molecule has 0 heterocycles. The number of fused-ring (bicyclic) bond motifs is 2. The van der Waals surface area contributed by atoms with E-state index in [2.05, 4.69) is 5.32 Å². The molecule has 2 saturated carbocycles. The van der Waals surface area contributed by atoms with Crippen LogP contribution in [-0.4, -0.2) is 34.0 Å². The third kappa shape index (κ3) is 4.17. The Hall–Kier alpha value is -2.54. The van der Waals surface area contributed by atoms with Gasteiger partial charge in [-0.15, -0.1) is 0 Å². The average Bonchev–Trinajstić information content (AvgIpc) is 3.35. The highest BCUT2D eigenvalue weighted by Gasteiger charge is 2.40. The van der Waals surface area contributed by atoms with E-state index in [4.69, 9.17) is 4.74 Å². The number of nitrogens with one attached hydrogen (secondary N) is 1. The van der Waals surface area contributed by atoms with Gasteiger partial charge < -0.3 is 10.1 Å². The standard InChI is InChI=1S/C23H28N2O4S/c1-16-6-10-21(11-7-16)30(27,28)25(19-4-3-5-20(14-19)29-2)15-23(26)24-22-13-17-8-9-18(22)12-17/h3-7,10-11,14,17-18,22H,8-9,12-13,15H2,1-2H3,(H,24,26)/t17-,18+,22+/m0/s1. The van der Waals surface area contributed by atoms with Gasteiger partial charge >= 0.3 is 0 Å². The van der Waals surface area contributed by atoms with Crippen LogP contribution in [0.4, 0.5) is 5.69 Å². The summed E-state index contributed by atoms with van der Waals surface area (Å²) in [5.74, 6) is 1.49. The molecule has 0 aliphatic heterocycles. The van der Waals surface area contributed by atoms with Crippen molar-refractivity contribution in [2.24, 2.45) is 11.8 Å². The summed E-state index contributed by atoms with van der Waals surface area (Å²) < 4.78 is 33.3. The normalized spacial score (nSPS) is 22.7. The Labute approximate surface area is 178 Å². The third-order valence-corrected chi connectivity index (χ3v) is 8.11. The lowest BCUT2D eigenvalue weighted by Gasteiger charge is -2.27. The molecule has 2 aliphatic carbocycles. The van der Waals surface area contributed by atoms with Gasteiger partial charge in [0, 0.05) is 12.1 Å². The van der Waals surface area contributed by atoms with Crippen LogP contribution < -0.4 is 14.4 Å². The molecule has 2 fully saturated rings. The Bertz CT molecular complexity index is 1020. The van der Waals surface area contributed by atoms with Crippen molar-refractivity contribution in [1.82, 2.24) is 5.32 Å².